The van der Waals surface area contributed by atoms with E-state index in [1.54, 1.807) is 44.6 Å². The minimum Gasteiger partial charge on any atom is -0.481 e. The van der Waals surface area contributed by atoms with Crippen LogP contribution in [0.4, 0.5) is 5.69 Å². The first-order valence-corrected chi connectivity index (χ1v) is 15.1. The molecule has 0 radical (unpaired) electrons. The molecular formula is C31H28N6O5S. The van der Waals surface area contributed by atoms with Crippen molar-refractivity contribution < 1.29 is 22.4 Å². The molecule has 43 heavy (non-hydrogen) atoms. The number of anilines is 1. The molecule has 0 bridgehead atoms. The van der Waals surface area contributed by atoms with E-state index in [4.69, 9.17) is 9.15 Å². The van der Waals surface area contributed by atoms with E-state index in [9.17, 15) is 13.2 Å². The van der Waals surface area contributed by atoms with Crippen LogP contribution >= 0.6 is 0 Å². The summed E-state index contributed by atoms with van der Waals surface area (Å²) in [6, 6.07) is 18.3. The van der Waals surface area contributed by atoms with Crippen LogP contribution in [0.2, 0.25) is 0 Å². The average Bonchev–Trinajstić information content (AvgIpc) is 3.60. The summed E-state index contributed by atoms with van der Waals surface area (Å²) in [6.07, 6.45) is 2.72. The standard InChI is InChI=1S/C31H28N6O5S/c1-17-6-8-18(9-7-17)30-29(31(38)32-2)21-13-20(26(15-27(21)42-30)37(3)43(5,39)40)24-12-19(16-33-36-24)23-14-25-22(34-23)10-11-28(35-25)41-4/h6-16,34H,1-5H3,(H,32,38). The van der Waals surface area contributed by atoms with Crippen molar-refractivity contribution in [1.29, 1.82) is 0 Å². The van der Waals surface area contributed by atoms with Gasteiger partial charge in [-0.3, -0.25) is 9.10 Å². The van der Waals surface area contributed by atoms with Crippen molar-refractivity contribution in [2.24, 2.45) is 0 Å². The summed E-state index contributed by atoms with van der Waals surface area (Å²) < 4.78 is 38.1. The zero-order chi connectivity index (χ0) is 30.5. The Balaban J connectivity index is 1.58. The molecule has 6 aromatic rings. The smallest absolute Gasteiger partial charge is 0.255 e. The Morgan fingerprint density at radius 1 is 1.05 bits per heavy atom. The summed E-state index contributed by atoms with van der Waals surface area (Å²) in [5, 5.41) is 11.8. The van der Waals surface area contributed by atoms with Gasteiger partial charge >= 0.3 is 0 Å². The lowest BCUT2D eigenvalue weighted by Crippen LogP contribution is -2.25. The lowest BCUT2D eigenvalue weighted by molar-refractivity contribution is 0.0964. The Kier molecular flexibility index (Phi) is 6.85. The van der Waals surface area contributed by atoms with Crippen LogP contribution in [0, 0.1) is 6.92 Å². The van der Waals surface area contributed by atoms with Crippen molar-refractivity contribution in [3.63, 3.8) is 0 Å². The zero-order valence-corrected chi connectivity index (χ0v) is 24.9. The molecule has 11 nitrogen and oxygen atoms in total. The third-order valence-electron chi connectivity index (χ3n) is 7.31. The normalized spacial score (nSPS) is 11.7. The van der Waals surface area contributed by atoms with E-state index in [2.05, 4.69) is 25.5 Å². The number of hydrogen-bond donors (Lipinski definition) is 2. The van der Waals surface area contributed by atoms with Gasteiger partial charge in [0.15, 0.2) is 0 Å². The molecule has 0 saturated heterocycles. The number of methoxy groups -OCH3 is 1. The maximum atomic E-state index is 13.2. The van der Waals surface area contributed by atoms with Crippen molar-refractivity contribution in [2.45, 2.75) is 6.92 Å². The van der Waals surface area contributed by atoms with Gasteiger partial charge in [-0.15, -0.1) is 0 Å². The van der Waals surface area contributed by atoms with Crippen LogP contribution in [0.3, 0.4) is 0 Å². The number of furan rings is 1. The number of aryl methyl sites for hydroxylation is 1. The van der Waals surface area contributed by atoms with Crippen LogP contribution in [-0.4, -0.2) is 62.0 Å². The molecule has 0 aliphatic carbocycles. The quantitative estimate of drug-likeness (QED) is 0.257. The van der Waals surface area contributed by atoms with Gasteiger partial charge in [0.2, 0.25) is 15.9 Å². The molecule has 6 rings (SSSR count). The number of amides is 1. The second-order valence-corrected chi connectivity index (χ2v) is 12.2. The summed E-state index contributed by atoms with van der Waals surface area (Å²) in [4.78, 5) is 21.0. The monoisotopic (exact) mass is 596 g/mol. The molecule has 0 saturated carbocycles. The number of ether oxygens (including phenoxy) is 1. The van der Waals surface area contributed by atoms with Gasteiger partial charge in [-0.1, -0.05) is 29.8 Å². The predicted octanol–water partition coefficient (Wildman–Crippen LogP) is 5.17. The fraction of sp³-hybridized carbons (Fsp3) is 0.161. The van der Waals surface area contributed by atoms with E-state index < -0.39 is 10.0 Å². The maximum absolute atomic E-state index is 13.2. The first-order chi connectivity index (χ1) is 20.6. The third kappa shape index (κ3) is 5.06. The number of hydrogen-bond acceptors (Lipinski definition) is 8. The van der Waals surface area contributed by atoms with Gasteiger partial charge < -0.3 is 19.5 Å². The first-order valence-electron chi connectivity index (χ1n) is 13.3. The molecule has 0 fully saturated rings. The molecule has 4 heterocycles. The summed E-state index contributed by atoms with van der Waals surface area (Å²) in [6.45, 7) is 1.97. The topological polar surface area (TPSA) is 143 Å². The van der Waals surface area contributed by atoms with E-state index >= 15 is 0 Å². The Morgan fingerprint density at radius 3 is 2.51 bits per heavy atom. The number of pyridine rings is 1. The highest BCUT2D eigenvalue weighted by Gasteiger charge is 2.26. The molecule has 0 unspecified atom stereocenters. The van der Waals surface area contributed by atoms with Crippen LogP contribution in [-0.2, 0) is 10.0 Å². The SMILES string of the molecule is CNC(=O)c1c(-c2ccc(C)cc2)oc2cc(N(C)S(C)(=O)=O)c(-c3cc(-c4cc5nc(OC)ccc5[nH]4)cnn3)cc12. The highest BCUT2D eigenvalue weighted by Crippen LogP contribution is 2.41. The molecule has 12 heteroatoms. The number of fused-ring (bicyclic) bond motifs is 2. The largest absolute Gasteiger partial charge is 0.481 e. The fourth-order valence-electron chi connectivity index (χ4n) is 4.94. The van der Waals surface area contributed by atoms with Crippen molar-refractivity contribution >= 4 is 43.6 Å². The molecule has 218 valence electrons. The molecule has 1 amide bonds. The van der Waals surface area contributed by atoms with Gasteiger partial charge in [0.25, 0.3) is 5.91 Å². The van der Waals surface area contributed by atoms with E-state index in [-0.39, 0.29) is 5.91 Å². The molecular weight excluding hydrogens is 568 g/mol. The van der Waals surface area contributed by atoms with E-state index in [0.29, 0.717) is 61.8 Å². The van der Waals surface area contributed by atoms with E-state index in [1.165, 1.54) is 7.05 Å². The number of rotatable bonds is 7. The molecule has 0 spiro atoms. The number of nitrogens with zero attached hydrogens (tertiary/aromatic N) is 4. The van der Waals surface area contributed by atoms with Crippen LogP contribution in [0.5, 0.6) is 5.88 Å². The second kappa shape index (κ2) is 10.6. The molecule has 0 atom stereocenters. The molecule has 4 aromatic heterocycles. The predicted molar refractivity (Wildman–Crippen MR) is 166 cm³/mol. The van der Waals surface area contributed by atoms with Gasteiger partial charge in [-0.2, -0.15) is 10.2 Å². The summed E-state index contributed by atoms with van der Waals surface area (Å²) >= 11 is 0. The number of carbonyl (C=O) groups is 1. The highest BCUT2D eigenvalue weighted by molar-refractivity contribution is 7.92. The van der Waals surface area contributed by atoms with Gasteiger partial charge in [0, 0.05) is 54.0 Å². The fourth-order valence-corrected chi connectivity index (χ4v) is 5.45. The summed E-state index contributed by atoms with van der Waals surface area (Å²) in [5.74, 6) is 0.524. The summed E-state index contributed by atoms with van der Waals surface area (Å²) in [5.41, 5.74) is 6.58. The second-order valence-electron chi connectivity index (χ2n) is 10.1. The van der Waals surface area contributed by atoms with Crippen molar-refractivity contribution in [2.75, 3.05) is 31.8 Å². The Labute approximate surface area is 247 Å². The maximum Gasteiger partial charge on any atom is 0.255 e. The van der Waals surface area contributed by atoms with Gasteiger partial charge in [-0.05, 0) is 31.2 Å². The minimum atomic E-state index is -3.68. The number of carbonyl (C=O) groups excluding carboxylic acids is 1. The highest BCUT2D eigenvalue weighted by atomic mass is 32.2. The van der Waals surface area contributed by atoms with Gasteiger partial charge in [-0.25, -0.2) is 13.4 Å². The number of nitrogens with one attached hydrogen (secondary N) is 2. The minimum absolute atomic E-state index is 0.317. The lowest BCUT2D eigenvalue weighted by Gasteiger charge is -2.20. The van der Waals surface area contributed by atoms with Crippen LogP contribution in [0.1, 0.15) is 15.9 Å². The number of aromatic amines is 1. The molecule has 2 N–H and O–H groups in total. The number of benzene rings is 2. The van der Waals surface area contributed by atoms with Crippen molar-refractivity contribution in [3.05, 3.63) is 78.0 Å². The lowest BCUT2D eigenvalue weighted by atomic mass is 10.00. The van der Waals surface area contributed by atoms with Crippen LogP contribution in [0.15, 0.2) is 71.3 Å². The zero-order valence-electron chi connectivity index (χ0n) is 24.1. The third-order valence-corrected chi connectivity index (χ3v) is 8.50. The van der Waals surface area contributed by atoms with Crippen molar-refractivity contribution in [1.82, 2.24) is 25.5 Å². The average molecular weight is 597 g/mol. The molecule has 0 aliphatic rings. The molecule has 0 aliphatic heterocycles. The van der Waals surface area contributed by atoms with E-state index in [1.807, 2.05) is 43.3 Å². The Morgan fingerprint density at radius 2 is 1.81 bits per heavy atom. The van der Waals surface area contributed by atoms with Crippen LogP contribution in [0.25, 0.3) is 55.8 Å². The Hall–Kier alpha value is -5.23. The number of aromatic nitrogens is 4. The van der Waals surface area contributed by atoms with Gasteiger partial charge in [0.05, 0.1) is 47.5 Å². The van der Waals surface area contributed by atoms with Crippen LogP contribution < -0.4 is 14.4 Å². The molecule has 2 aromatic carbocycles. The number of sulfonamides is 1. The van der Waals surface area contributed by atoms with Crippen molar-refractivity contribution in [3.8, 4) is 39.7 Å². The number of H-pyrrole nitrogens is 1. The van der Waals surface area contributed by atoms with E-state index in [0.717, 1.165) is 27.3 Å². The summed E-state index contributed by atoms with van der Waals surface area (Å²) in [7, 11) is 0.877. The Bertz CT molecular complexity index is 2130. The van der Waals surface area contributed by atoms with Gasteiger partial charge in [0.1, 0.15) is 11.3 Å². The first kappa shape index (κ1) is 27.9.